The standard InChI is InChI=1S/C29H43NO4/c1-26-15-11-23-28(3)14-8-13-27(2,19-33-25(31)30-21-9-6-5-7-10-21)22(28)12-16-29(23,18-26)17-24(26)34-20-32-4/h5-7,9-10,22-24H,8,11-20H2,1-4H3,(H,30,31)/t22-,23+,24-,26+,27+,28-,29+/m1/s1. The number of hydrogen-bond acceptors (Lipinski definition) is 4. The normalized spacial score (nSPS) is 43.0. The van der Waals surface area contributed by atoms with Crippen LogP contribution >= 0.6 is 0 Å². The highest BCUT2D eigenvalue weighted by Crippen LogP contribution is 2.74. The van der Waals surface area contributed by atoms with Crippen molar-refractivity contribution in [2.24, 2.45) is 33.5 Å². The van der Waals surface area contributed by atoms with Crippen LogP contribution in [0.1, 0.15) is 78.6 Å². The lowest BCUT2D eigenvalue weighted by Crippen LogP contribution is -2.57. The van der Waals surface area contributed by atoms with Crippen LogP contribution in [0.25, 0.3) is 0 Å². The second kappa shape index (κ2) is 8.81. The minimum atomic E-state index is -0.339. The Labute approximate surface area is 205 Å². The smallest absolute Gasteiger partial charge is 0.411 e. The molecule has 0 unspecified atom stereocenters. The van der Waals surface area contributed by atoms with E-state index in [4.69, 9.17) is 14.2 Å². The van der Waals surface area contributed by atoms with Crippen molar-refractivity contribution >= 4 is 11.8 Å². The van der Waals surface area contributed by atoms with Crippen LogP contribution in [-0.4, -0.2) is 32.7 Å². The molecule has 5 heteroatoms. The number of amides is 1. The minimum absolute atomic E-state index is 0.0357. The molecule has 1 aromatic rings. The zero-order chi connectivity index (χ0) is 24.0. The summed E-state index contributed by atoms with van der Waals surface area (Å²) < 4.78 is 17.4. The number of nitrogens with one attached hydrogen (secondary N) is 1. The summed E-state index contributed by atoms with van der Waals surface area (Å²) in [6.45, 7) is 8.33. The van der Waals surface area contributed by atoms with Crippen LogP contribution < -0.4 is 5.32 Å². The fourth-order valence-corrected chi connectivity index (χ4v) is 9.33. The van der Waals surface area contributed by atoms with E-state index in [2.05, 4.69) is 26.1 Å². The Morgan fingerprint density at radius 2 is 1.79 bits per heavy atom. The number of rotatable bonds is 6. The van der Waals surface area contributed by atoms with Gasteiger partial charge in [0.25, 0.3) is 0 Å². The van der Waals surface area contributed by atoms with Crippen LogP contribution in [0.5, 0.6) is 0 Å². The van der Waals surface area contributed by atoms with Crippen LogP contribution in [-0.2, 0) is 14.2 Å². The van der Waals surface area contributed by atoms with E-state index < -0.39 is 0 Å². The number of hydrogen-bond donors (Lipinski definition) is 1. The SMILES string of the molecule is COCO[C@@H]1C[C@]23CC[C@@H]4[C@](C)(COC(=O)Nc5ccccc5)CCC[C@@]4(C)[C@@H]2CC[C@@]1(C)C3. The molecule has 0 heterocycles. The van der Waals surface area contributed by atoms with E-state index in [0.29, 0.717) is 36.3 Å². The van der Waals surface area contributed by atoms with Gasteiger partial charge in [0.1, 0.15) is 6.79 Å². The zero-order valence-electron chi connectivity index (χ0n) is 21.5. The molecule has 7 atom stereocenters. The molecule has 0 radical (unpaired) electrons. The van der Waals surface area contributed by atoms with E-state index in [1.54, 1.807) is 7.11 Å². The summed E-state index contributed by atoms with van der Waals surface area (Å²) in [5, 5.41) is 2.89. The van der Waals surface area contributed by atoms with Gasteiger partial charge >= 0.3 is 6.09 Å². The molecule has 4 saturated carbocycles. The highest BCUT2D eigenvalue weighted by Gasteiger charge is 2.67. The molecule has 0 saturated heterocycles. The molecule has 0 aromatic heterocycles. The Bertz CT molecular complexity index is 891. The summed E-state index contributed by atoms with van der Waals surface area (Å²) in [6.07, 6.45) is 11.2. The van der Waals surface area contributed by atoms with Crippen molar-refractivity contribution in [1.29, 1.82) is 0 Å². The fraction of sp³-hybridized carbons (Fsp3) is 0.759. The molecule has 4 aliphatic carbocycles. The second-order valence-electron chi connectivity index (χ2n) is 12.7. The van der Waals surface area contributed by atoms with Crippen molar-refractivity contribution < 1.29 is 19.0 Å². The molecule has 5 nitrogen and oxygen atoms in total. The highest BCUT2D eigenvalue weighted by molar-refractivity contribution is 5.84. The fourth-order valence-electron chi connectivity index (χ4n) is 9.33. The van der Waals surface area contributed by atoms with Crippen LogP contribution in [0, 0.1) is 33.5 Å². The Morgan fingerprint density at radius 1 is 1.03 bits per heavy atom. The van der Waals surface area contributed by atoms with E-state index in [9.17, 15) is 4.79 Å². The molecular weight excluding hydrogens is 426 g/mol. The van der Waals surface area contributed by atoms with Gasteiger partial charge in [-0.1, -0.05) is 45.4 Å². The number of carbonyl (C=O) groups excluding carboxylic acids is 1. The van der Waals surface area contributed by atoms with Gasteiger partial charge in [0.15, 0.2) is 0 Å². The van der Waals surface area contributed by atoms with Crippen molar-refractivity contribution in [3.05, 3.63) is 30.3 Å². The summed E-state index contributed by atoms with van der Waals surface area (Å²) in [4.78, 5) is 12.6. The van der Waals surface area contributed by atoms with Crippen molar-refractivity contribution in [3.63, 3.8) is 0 Å². The lowest BCUT2D eigenvalue weighted by molar-refractivity contribution is -0.163. The van der Waals surface area contributed by atoms with Gasteiger partial charge in [-0.05, 0) is 91.6 Å². The highest BCUT2D eigenvalue weighted by atomic mass is 16.7. The van der Waals surface area contributed by atoms with Gasteiger partial charge in [0.2, 0.25) is 0 Å². The van der Waals surface area contributed by atoms with Crippen LogP contribution in [0.15, 0.2) is 30.3 Å². The first-order valence-corrected chi connectivity index (χ1v) is 13.3. The number of methoxy groups -OCH3 is 1. The topological polar surface area (TPSA) is 56.8 Å². The van der Waals surface area contributed by atoms with Crippen molar-refractivity contribution in [2.45, 2.75) is 84.7 Å². The third-order valence-corrected chi connectivity index (χ3v) is 10.6. The maximum Gasteiger partial charge on any atom is 0.411 e. The number of ether oxygens (including phenoxy) is 3. The predicted molar refractivity (Wildman–Crippen MR) is 133 cm³/mol. The summed E-state index contributed by atoms with van der Waals surface area (Å²) in [5.41, 5.74) is 1.81. The van der Waals surface area contributed by atoms with E-state index in [0.717, 1.165) is 18.0 Å². The Kier molecular flexibility index (Phi) is 6.25. The Morgan fingerprint density at radius 3 is 2.56 bits per heavy atom. The van der Waals surface area contributed by atoms with Crippen molar-refractivity contribution in [3.8, 4) is 0 Å². The van der Waals surface area contributed by atoms with Gasteiger partial charge in [-0.2, -0.15) is 0 Å². The van der Waals surface area contributed by atoms with Gasteiger partial charge in [0, 0.05) is 18.2 Å². The Balaban J connectivity index is 1.30. The predicted octanol–water partition coefficient (Wildman–Crippen LogP) is 7.03. The maximum atomic E-state index is 12.6. The molecule has 1 spiro atoms. The third kappa shape index (κ3) is 3.97. The van der Waals surface area contributed by atoms with E-state index in [1.165, 1.54) is 51.4 Å². The van der Waals surface area contributed by atoms with Crippen LogP contribution in [0.2, 0.25) is 0 Å². The number of anilines is 1. The number of fused-ring (bicyclic) bond motifs is 3. The quantitative estimate of drug-likeness (QED) is 0.455. The minimum Gasteiger partial charge on any atom is -0.449 e. The zero-order valence-corrected chi connectivity index (χ0v) is 21.5. The first-order chi connectivity index (χ1) is 16.2. The largest absolute Gasteiger partial charge is 0.449 e. The van der Waals surface area contributed by atoms with Crippen molar-refractivity contribution in [1.82, 2.24) is 0 Å². The molecule has 188 valence electrons. The third-order valence-electron chi connectivity index (χ3n) is 10.6. The van der Waals surface area contributed by atoms with E-state index >= 15 is 0 Å². The van der Waals surface area contributed by atoms with Gasteiger partial charge in [0.05, 0.1) is 12.7 Å². The first kappa shape index (κ1) is 24.1. The molecule has 4 aliphatic rings. The number of benzene rings is 1. The molecule has 1 aromatic carbocycles. The molecular formula is C29H43NO4. The van der Waals surface area contributed by atoms with Crippen LogP contribution in [0.3, 0.4) is 0 Å². The lowest BCUT2D eigenvalue weighted by atomic mass is 9.40. The van der Waals surface area contributed by atoms with E-state index in [1.807, 2.05) is 30.3 Å². The van der Waals surface area contributed by atoms with Gasteiger partial charge in [-0.3, -0.25) is 5.32 Å². The van der Waals surface area contributed by atoms with E-state index in [-0.39, 0.29) is 16.9 Å². The second-order valence-corrected chi connectivity index (χ2v) is 12.7. The molecule has 34 heavy (non-hydrogen) atoms. The van der Waals surface area contributed by atoms with Crippen molar-refractivity contribution in [2.75, 3.05) is 25.8 Å². The monoisotopic (exact) mass is 469 g/mol. The number of carbonyl (C=O) groups is 1. The Hall–Kier alpha value is -1.59. The van der Waals surface area contributed by atoms with Gasteiger partial charge in [-0.15, -0.1) is 0 Å². The molecule has 0 aliphatic heterocycles. The molecule has 4 fully saturated rings. The summed E-state index contributed by atoms with van der Waals surface area (Å²) in [5.74, 6) is 1.33. The molecule has 1 amide bonds. The number of para-hydroxylation sites is 1. The average molecular weight is 470 g/mol. The summed E-state index contributed by atoms with van der Waals surface area (Å²) in [6, 6.07) is 9.57. The maximum absolute atomic E-state index is 12.6. The summed E-state index contributed by atoms with van der Waals surface area (Å²) >= 11 is 0. The molecule has 2 bridgehead atoms. The molecule has 5 rings (SSSR count). The summed E-state index contributed by atoms with van der Waals surface area (Å²) in [7, 11) is 1.72. The average Bonchev–Trinajstić information content (AvgIpc) is 3.01. The van der Waals surface area contributed by atoms with Gasteiger partial charge in [-0.25, -0.2) is 4.79 Å². The van der Waals surface area contributed by atoms with Crippen LogP contribution in [0.4, 0.5) is 10.5 Å². The van der Waals surface area contributed by atoms with Gasteiger partial charge < -0.3 is 14.2 Å². The molecule has 1 N–H and O–H groups in total. The first-order valence-electron chi connectivity index (χ1n) is 13.3. The lowest BCUT2D eigenvalue weighted by Gasteiger charge is -2.64.